The Morgan fingerprint density at radius 1 is 1.22 bits per heavy atom. The first kappa shape index (κ1) is 24.0. The van der Waals surface area contributed by atoms with Gasteiger partial charge in [0.2, 0.25) is 23.6 Å². The number of carbonyl (C=O) groups is 1. The molecule has 37 heavy (non-hydrogen) atoms. The molecule has 2 fully saturated rings. The summed E-state index contributed by atoms with van der Waals surface area (Å²) in [5.74, 6) is 1.79. The molecule has 2 aliphatic rings. The summed E-state index contributed by atoms with van der Waals surface area (Å²) in [6, 6.07) is 7.84. The molecule has 1 aliphatic carbocycles. The minimum atomic E-state index is -0.359. The molecule has 6 rings (SSSR count). The molecule has 4 aromatic rings. The lowest BCUT2D eigenvalue weighted by Crippen LogP contribution is -2.50. The number of hydrogen-bond acceptors (Lipinski definition) is 9. The van der Waals surface area contributed by atoms with Crippen molar-refractivity contribution in [1.82, 2.24) is 40.2 Å². The van der Waals surface area contributed by atoms with Gasteiger partial charge in [-0.2, -0.15) is 10.1 Å². The zero-order valence-corrected chi connectivity index (χ0v) is 22.3. The van der Waals surface area contributed by atoms with Gasteiger partial charge in [0.1, 0.15) is 4.60 Å². The highest BCUT2D eigenvalue weighted by Crippen LogP contribution is 2.40. The molecule has 0 radical (unpaired) electrons. The summed E-state index contributed by atoms with van der Waals surface area (Å²) in [4.78, 5) is 24.6. The maximum Gasteiger partial charge on any atom is 0.247 e. The summed E-state index contributed by atoms with van der Waals surface area (Å²) in [6.07, 6.45) is 4.28. The van der Waals surface area contributed by atoms with Crippen LogP contribution in [0.1, 0.15) is 32.1 Å². The van der Waals surface area contributed by atoms with Crippen LogP contribution >= 0.6 is 15.9 Å². The van der Waals surface area contributed by atoms with E-state index in [1.54, 1.807) is 17.8 Å². The van der Waals surface area contributed by atoms with Crippen molar-refractivity contribution >= 4 is 38.8 Å². The lowest BCUT2D eigenvalue weighted by atomic mass is 9.86. The number of hydrogen-bond donors (Lipinski definition) is 2. The maximum absolute atomic E-state index is 13.2. The average molecular weight is 566 g/mol. The number of halogens is 1. The quantitative estimate of drug-likeness (QED) is 0.374. The van der Waals surface area contributed by atoms with Crippen LogP contribution < -0.4 is 10.6 Å². The zero-order chi connectivity index (χ0) is 25.6. The third-order valence-corrected chi connectivity index (χ3v) is 7.85. The summed E-state index contributed by atoms with van der Waals surface area (Å²) in [5.41, 5.74) is 2.00. The van der Waals surface area contributed by atoms with Crippen molar-refractivity contribution < 1.29 is 9.21 Å². The summed E-state index contributed by atoms with van der Waals surface area (Å²) >= 11 is 3.54. The highest BCUT2D eigenvalue weighted by Gasteiger charge is 2.43. The molecule has 192 valence electrons. The largest absolute Gasteiger partial charge is 0.421 e. The van der Waals surface area contributed by atoms with E-state index >= 15 is 0 Å². The number of benzene rings is 1. The normalized spacial score (nSPS) is 22.0. The Kier molecular flexibility index (Phi) is 6.15. The number of anilines is 1. The highest BCUT2D eigenvalue weighted by atomic mass is 79.9. The highest BCUT2D eigenvalue weighted by molar-refractivity contribution is 9.10. The van der Waals surface area contributed by atoms with Gasteiger partial charge in [-0.25, -0.2) is 9.67 Å². The molecular formula is C25H28BrN9O2. The molecule has 1 saturated heterocycles. The molecule has 2 N–H and O–H groups in total. The predicted octanol–water partition coefficient (Wildman–Crippen LogP) is 3.34. The van der Waals surface area contributed by atoms with Gasteiger partial charge in [0, 0.05) is 56.3 Å². The number of aryl methyl sites for hydroxylation is 1. The van der Waals surface area contributed by atoms with Gasteiger partial charge in [-0.1, -0.05) is 6.92 Å². The van der Waals surface area contributed by atoms with Crippen LogP contribution in [0.4, 0.5) is 5.95 Å². The van der Waals surface area contributed by atoms with E-state index in [0.717, 1.165) is 62.1 Å². The van der Waals surface area contributed by atoms with Crippen molar-refractivity contribution in [2.24, 2.45) is 5.41 Å². The van der Waals surface area contributed by atoms with Crippen LogP contribution in [0.5, 0.6) is 0 Å². The van der Waals surface area contributed by atoms with Crippen molar-refractivity contribution in [2.45, 2.75) is 39.2 Å². The molecule has 1 amide bonds. The zero-order valence-electron chi connectivity index (χ0n) is 20.7. The van der Waals surface area contributed by atoms with Gasteiger partial charge in [0.15, 0.2) is 5.65 Å². The summed E-state index contributed by atoms with van der Waals surface area (Å²) in [5, 5.41) is 20.2. The van der Waals surface area contributed by atoms with Crippen LogP contribution in [0.15, 0.2) is 39.5 Å². The van der Waals surface area contributed by atoms with Gasteiger partial charge in [-0.15, -0.1) is 10.2 Å². The predicted molar refractivity (Wildman–Crippen MR) is 141 cm³/mol. The smallest absolute Gasteiger partial charge is 0.247 e. The monoisotopic (exact) mass is 565 g/mol. The maximum atomic E-state index is 13.2. The van der Waals surface area contributed by atoms with Crippen molar-refractivity contribution in [1.29, 1.82) is 0 Å². The van der Waals surface area contributed by atoms with Gasteiger partial charge in [-0.05, 0) is 59.5 Å². The molecule has 0 spiro atoms. The Morgan fingerprint density at radius 2 is 2.00 bits per heavy atom. The first-order valence-corrected chi connectivity index (χ1v) is 13.3. The molecule has 2 atom stereocenters. The van der Waals surface area contributed by atoms with Crippen LogP contribution in [-0.2, 0) is 4.79 Å². The van der Waals surface area contributed by atoms with E-state index in [4.69, 9.17) is 9.40 Å². The molecule has 1 aromatic carbocycles. The SMILES string of the molecule is Cc1nnc(-c2ccc(-n3nc(Br)c4cnc(N[C@@H]5CCC(C)(C(=O)N6CCNCC6)C5)nc43)cc2)o1. The molecule has 1 aliphatic heterocycles. The van der Waals surface area contributed by atoms with Gasteiger partial charge < -0.3 is 20.0 Å². The molecule has 1 unspecified atom stereocenters. The Bertz CT molecular complexity index is 1440. The van der Waals surface area contributed by atoms with Gasteiger partial charge in [0.05, 0.1) is 11.1 Å². The van der Waals surface area contributed by atoms with Crippen LogP contribution in [0, 0.1) is 12.3 Å². The number of aromatic nitrogens is 6. The molecule has 11 nitrogen and oxygen atoms in total. The third-order valence-electron chi connectivity index (χ3n) is 7.26. The fraction of sp³-hybridized carbons (Fsp3) is 0.440. The fourth-order valence-electron chi connectivity index (χ4n) is 5.27. The first-order valence-electron chi connectivity index (χ1n) is 12.5. The summed E-state index contributed by atoms with van der Waals surface area (Å²) < 4.78 is 7.97. The third kappa shape index (κ3) is 4.59. The molecule has 3 aromatic heterocycles. The summed E-state index contributed by atoms with van der Waals surface area (Å²) in [7, 11) is 0. The van der Waals surface area contributed by atoms with Gasteiger partial charge in [0.25, 0.3) is 0 Å². The number of carbonyl (C=O) groups excluding carboxylic acids is 1. The van der Waals surface area contributed by atoms with Crippen molar-refractivity contribution in [3.05, 3.63) is 41.0 Å². The topological polar surface area (TPSA) is 127 Å². The number of nitrogens with one attached hydrogen (secondary N) is 2. The van der Waals surface area contributed by atoms with Crippen LogP contribution in [0.3, 0.4) is 0 Å². The Balaban J connectivity index is 1.21. The van der Waals surface area contributed by atoms with E-state index in [2.05, 4.69) is 53.8 Å². The standard InChI is InChI=1S/C25H28BrN9O2/c1-15-31-32-22(37-15)16-3-5-18(6-4-16)35-21-19(20(26)33-35)14-28-24(30-21)29-17-7-8-25(2,13-17)23(36)34-11-9-27-10-12-34/h3-6,14,17,27H,7-13H2,1-2H3,(H,28,29,30)/t17-,25?/m1/s1. The Labute approximate surface area is 222 Å². The number of amides is 1. The molecule has 0 bridgehead atoms. The Morgan fingerprint density at radius 3 is 2.73 bits per heavy atom. The van der Waals surface area contributed by atoms with E-state index < -0.39 is 0 Å². The van der Waals surface area contributed by atoms with Crippen molar-refractivity contribution in [3.8, 4) is 17.1 Å². The minimum Gasteiger partial charge on any atom is -0.421 e. The van der Waals surface area contributed by atoms with E-state index in [1.807, 2.05) is 29.2 Å². The van der Waals surface area contributed by atoms with Crippen molar-refractivity contribution in [2.75, 3.05) is 31.5 Å². The lowest BCUT2D eigenvalue weighted by molar-refractivity contribution is -0.141. The van der Waals surface area contributed by atoms with Crippen LogP contribution in [-0.4, -0.2) is 73.0 Å². The number of nitrogens with zero attached hydrogens (tertiary/aromatic N) is 7. The van der Waals surface area contributed by atoms with E-state index in [0.29, 0.717) is 28.0 Å². The minimum absolute atomic E-state index is 0.131. The molecule has 12 heteroatoms. The number of fused-ring (bicyclic) bond motifs is 1. The molecule has 4 heterocycles. The fourth-order valence-corrected chi connectivity index (χ4v) is 5.71. The lowest BCUT2D eigenvalue weighted by Gasteiger charge is -2.34. The van der Waals surface area contributed by atoms with E-state index in [-0.39, 0.29) is 17.4 Å². The van der Waals surface area contributed by atoms with Gasteiger partial charge in [-0.3, -0.25) is 4.79 Å². The second-order valence-corrected chi connectivity index (χ2v) is 10.7. The number of piperazine rings is 1. The second-order valence-electron chi connectivity index (χ2n) is 9.99. The van der Waals surface area contributed by atoms with Crippen LogP contribution in [0.25, 0.3) is 28.2 Å². The Hall–Kier alpha value is -3.38. The van der Waals surface area contributed by atoms with Crippen molar-refractivity contribution in [3.63, 3.8) is 0 Å². The van der Waals surface area contributed by atoms with Gasteiger partial charge >= 0.3 is 0 Å². The first-order chi connectivity index (χ1) is 17.9. The molecular weight excluding hydrogens is 538 g/mol. The average Bonchev–Trinajstić information content (AvgIpc) is 3.62. The summed E-state index contributed by atoms with van der Waals surface area (Å²) in [6.45, 7) is 7.13. The second kappa shape index (κ2) is 9.49. The number of rotatable bonds is 5. The van der Waals surface area contributed by atoms with Crippen LogP contribution in [0.2, 0.25) is 0 Å². The van der Waals surface area contributed by atoms with E-state index in [9.17, 15) is 4.79 Å². The van der Waals surface area contributed by atoms with E-state index in [1.165, 1.54) is 0 Å². The molecule has 1 saturated carbocycles.